The van der Waals surface area contributed by atoms with Crippen LogP contribution in [0.5, 0.6) is 0 Å². The maximum absolute atomic E-state index is 13.0. The largest absolute Gasteiger partial charge is 0.511 e. The van der Waals surface area contributed by atoms with Gasteiger partial charge in [-0.05, 0) is 37.1 Å². The molecule has 164 valence electrons. The fourth-order valence-electron chi connectivity index (χ4n) is 3.42. The van der Waals surface area contributed by atoms with Gasteiger partial charge in [0.2, 0.25) is 15.9 Å². The number of carbonyl (C=O) groups is 2. The van der Waals surface area contributed by atoms with Crippen molar-refractivity contribution in [3.05, 3.63) is 78.6 Å². The number of hydrogen-bond donors (Lipinski definition) is 3. The number of sulfonamides is 1. The molecule has 1 aliphatic heterocycles. The van der Waals surface area contributed by atoms with E-state index in [0.717, 1.165) is 0 Å². The van der Waals surface area contributed by atoms with E-state index in [1.54, 1.807) is 48.5 Å². The summed E-state index contributed by atoms with van der Waals surface area (Å²) in [5.74, 6) is -1.25. The van der Waals surface area contributed by atoms with E-state index in [1.165, 1.54) is 16.4 Å². The maximum atomic E-state index is 13.0. The van der Waals surface area contributed by atoms with Crippen molar-refractivity contribution in [2.24, 2.45) is 0 Å². The van der Waals surface area contributed by atoms with Crippen LogP contribution in [0, 0.1) is 0 Å². The summed E-state index contributed by atoms with van der Waals surface area (Å²) in [5.41, 5.74) is 0.437. The number of carbonyl (C=O) groups excluding carboxylic acids is 2. The molecule has 1 aliphatic rings. The van der Waals surface area contributed by atoms with Crippen LogP contribution >= 0.6 is 0 Å². The van der Waals surface area contributed by atoms with Gasteiger partial charge in [0.05, 0.1) is 4.90 Å². The predicted molar refractivity (Wildman–Crippen MR) is 116 cm³/mol. The highest BCUT2D eigenvalue weighted by atomic mass is 32.2. The Morgan fingerprint density at radius 1 is 1.10 bits per heavy atom. The maximum Gasteiger partial charge on any atom is 0.251 e. The molecule has 0 unspecified atom stereocenters. The average molecular weight is 444 g/mol. The first-order valence-electron chi connectivity index (χ1n) is 9.89. The van der Waals surface area contributed by atoms with E-state index in [1.807, 2.05) is 0 Å². The molecule has 0 bridgehead atoms. The number of aliphatic hydroxyl groups is 1. The summed E-state index contributed by atoms with van der Waals surface area (Å²) in [7, 11) is -3.83. The molecule has 2 aromatic carbocycles. The summed E-state index contributed by atoms with van der Waals surface area (Å²) in [4.78, 5) is 25.2. The van der Waals surface area contributed by atoms with Gasteiger partial charge in [-0.25, -0.2) is 8.42 Å². The number of nitrogens with zero attached hydrogens (tertiary/aromatic N) is 1. The summed E-state index contributed by atoms with van der Waals surface area (Å²) < 4.78 is 27.1. The lowest BCUT2D eigenvalue weighted by Crippen LogP contribution is -2.52. The van der Waals surface area contributed by atoms with Crippen molar-refractivity contribution in [1.29, 1.82) is 0 Å². The third-order valence-electron chi connectivity index (χ3n) is 5.08. The van der Waals surface area contributed by atoms with E-state index in [-0.39, 0.29) is 29.7 Å². The van der Waals surface area contributed by atoms with Crippen LogP contribution in [-0.4, -0.2) is 54.8 Å². The van der Waals surface area contributed by atoms with Gasteiger partial charge in [0.1, 0.15) is 17.8 Å². The van der Waals surface area contributed by atoms with Gasteiger partial charge in [-0.15, -0.1) is 0 Å². The number of hydrogen-bond acceptors (Lipinski definition) is 5. The van der Waals surface area contributed by atoms with Gasteiger partial charge in [-0.1, -0.05) is 43.0 Å². The van der Waals surface area contributed by atoms with Crippen molar-refractivity contribution in [3.63, 3.8) is 0 Å². The van der Waals surface area contributed by atoms with Crippen LogP contribution in [0.3, 0.4) is 0 Å². The molecule has 0 aliphatic carbocycles. The lowest BCUT2D eigenvalue weighted by Gasteiger charge is -2.26. The van der Waals surface area contributed by atoms with E-state index >= 15 is 0 Å². The Bertz CT molecular complexity index is 1040. The molecule has 2 amide bonds. The van der Waals surface area contributed by atoms with Gasteiger partial charge in [-0.3, -0.25) is 9.59 Å². The van der Waals surface area contributed by atoms with Gasteiger partial charge < -0.3 is 15.7 Å². The third kappa shape index (κ3) is 5.31. The topological polar surface area (TPSA) is 116 Å². The lowest BCUT2D eigenvalue weighted by atomic mass is 10.1. The lowest BCUT2D eigenvalue weighted by molar-refractivity contribution is -0.124. The highest BCUT2D eigenvalue weighted by Crippen LogP contribution is 2.26. The van der Waals surface area contributed by atoms with Crippen LogP contribution in [-0.2, 0) is 14.8 Å². The van der Waals surface area contributed by atoms with E-state index in [0.29, 0.717) is 18.4 Å². The van der Waals surface area contributed by atoms with Crippen molar-refractivity contribution in [1.82, 2.24) is 14.9 Å². The number of aliphatic hydroxyl groups excluding tert-OH is 1. The second-order valence-corrected chi connectivity index (χ2v) is 9.11. The molecule has 3 N–H and O–H groups in total. The molecule has 0 saturated carbocycles. The van der Waals surface area contributed by atoms with E-state index in [4.69, 9.17) is 0 Å². The molecule has 2 aromatic rings. The van der Waals surface area contributed by atoms with Crippen LogP contribution in [0.15, 0.2) is 77.9 Å². The minimum atomic E-state index is -3.83. The number of nitrogens with one attached hydrogen (secondary N) is 2. The van der Waals surface area contributed by atoms with Crippen LogP contribution in [0.4, 0.5) is 0 Å². The number of amides is 2. The first-order chi connectivity index (χ1) is 14.8. The Kier molecular flexibility index (Phi) is 7.09. The predicted octanol–water partition coefficient (Wildman–Crippen LogP) is 1.83. The Morgan fingerprint density at radius 3 is 2.32 bits per heavy atom. The molecule has 2 atom stereocenters. The second-order valence-electron chi connectivity index (χ2n) is 7.22. The normalized spacial score (nSPS) is 17.6. The van der Waals surface area contributed by atoms with Crippen LogP contribution in [0.25, 0.3) is 0 Å². The SMILES string of the molecule is C=C(O)[C@H](CNC(=O)c1ccccc1)NC(=O)[C@@H]1CCCN1S(=O)(=O)c1ccccc1. The molecule has 3 rings (SSSR count). The minimum absolute atomic E-state index is 0.0903. The molecular formula is C22H25N3O5S. The van der Waals surface area contributed by atoms with Gasteiger partial charge in [0.25, 0.3) is 5.91 Å². The van der Waals surface area contributed by atoms with Gasteiger partial charge >= 0.3 is 0 Å². The quantitative estimate of drug-likeness (QED) is 0.539. The van der Waals surface area contributed by atoms with Crippen molar-refractivity contribution in [2.75, 3.05) is 13.1 Å². The average Bonchev–Trinajstić information content (AvgIpc) is 3.28. The molecule has 8 nitrogen and oxygen atoms in total. The summed E-state index contributed by atoms with van der Waals surface area (Å²) in [5, 5.41) is 15.1. The number of benzene rings is 2. The fourth-order valence-corrected chi connectivity index (χ4v) is 5.10. The molecule has 1 saturated heterocycles. The van der Waals surface area contributed by atoms with Crippen molar-refractivity contribution in [2.45, 2.75) is 29.8 Å². The van der Waals surface area contributed by atoms with E-state index < -0.39 is 28.0 Å². The fraction of sp³-hybridized carbons (Fsp3) is 0.273. The highest BCUT2D eigenvalue weighted by Gasteiger charge is 2.40. The molecule has 0 radical (unpaired) electrons. The van der Waals surface area contributed by atoms with Gasteiger partial charge in [0, 0.05) is 18.7 Å². The van der Waals surface area contributed by atoms with Gasteiger partial charge in [0.15, 0.2) is 0 Å². The van der Waals surface area contributed by atoms with Crippen molar-refractivity contribution in [3.8, 4) is 0 Å². The molecule has 31 heavy (non-hydrogen) atoms. The standard InChI is InChI=1S/C22H25N3O5S/c1-16(26)19(15-23-21(27)17-9-4-2-5-10-17)24-22(28)20-13-8-14-25(20)31(29,30)18-11-6-3-7-12-18/h2-7,9-12,19-20,26H,1,8,13-15H2,(H,23,27)(H,24,28)/t19-,20-/m0/s1. The summed E-state index contributed by atoms with van der Waals surface area (Å²) in [6, 6.07) is 14.6. The zero-order valence-electron chi connectivity index (χ0n) is 16.9. The van der Waals surface area contributed by atoms with Crippen LogP contribution in [0.1, 0.15) is 23.2 Å². The monoisotopic (exact) mass is 443 g/mol. The summed E-state index contributed by atoms with van der Waals surface area (Å²) in [6.45, 7) is 3.60. The molecular weight excluding hydrogens is 418 g/mol. The smallest absolute Gasteiger partial charge is 0.251 e. The first kappa shape index (κ1) is 22.5. The van der Waals surface area contributed by atoms with Crippen molar-refractivity contribution >= 4 is 21.8 Å². The highest BCUT2D eigenvalue weighted by molar-refractivity contribution is 7.89. The summed E-state index contributed by atoms with van der Waals surface area (Å²) in [6.07, 6.45) is 0.901. The molecule has 9 heteroatoms. The number of rotatable bonds is 8. The second kappa shape index (κ2) is 9.76. The zero-order chi connectivity index (χ0) is 22.4. The zero-order valence-corrected chi connectivity index (χ0v) is 17.7. The van der Waals surface area contributed by atoms with Crippen molar-refractivity contribution < 1.29 is 23.1 Å². The Labute approximate surface area is 181 Å². The Hall–Kier alpha value is -3.17. The van der Waals surface area contributed by atoms with E-state index in [9.17, 15) is 23.1 Å². The Balaban J connectivity index is 1.67. The molecule has 0 spiro atoms. The molecule has 0 aromatic heterocycles. The van der Waals surface area contributed by atoms with Gasteiger partial charge in [-0.2, -0.15) is 4.31 Å². The minimum Gasteiger partial charge on any atom is -0.511 e. The third-order valence-corrected chi connectivity index (χ3v) is 7.00. The van der Waals surface area contributed by atoms with Crippen LogP contribution in [0.2, 0.25) is 0 Å². The summed E-state index contributed by atoms with van der Waals surface area (Å²) >= 11 is 0. The first-order valence-corrected chi connectivity index (χ1v) is 11.3. The van der Waals surface area contributed by atoms with E-state index in [2.05, 4.69) is 17.2 Å². The van der Waals surface area contributed by atoms with Crippen LogP contribution < -0.4 is 10.6 Å². The Morgan fingerprint density at radius 2 is 1.71 bits per heavy atom. The molecule has 1 fully saturated rings. The molecule has 1 heterocycles.